The highest BCUT2D eigenvalue weighted by atomic mass is 16.7. The Kier molecular flexibility index (Phi) is 5.74. The molecule has 2 aromatic rings. The second-order valence-electron chi connectivity index (χ2n) is 7.42. The first kappa shape index (κ1) is 19.4. The van der Waals surface area contributed by atoms with E-state index in [1.165, 1.54) is 6.42 Å². The van der Waals surface area contributed by atoms with Crippen molar-refractivity contribution < 1.29 is 18.9 Å². The fraction of sp³-hybridized carbons (Fsp3) is 0.375. The highest BCUT2D eigenvalue weighted by molar-refractivity contribution is 6.01. The molecule has 2 aromatic carbocycles. The predicted molar refractivity (Wildman–Crippen MR) is 115 cm³/mol. The van der Waals surface area contributed by atoms with E-state index in [-0.39, 0.29) is 12.8 Å². The number of hydrogen-bond donors (Lipinski definition) is 0. The summed E-state index contributed by atoms with van der Waals surface area (Å²) >= 11 is 0. The molecule has 0 amide bonds. The van der Waals surface area contributed by atoms with Crippen LogP contribution in [-0.4, -0.2) is 32.8 Å². The third-order valence-electron chi connectivity index (χ3n) is 5.52. The molecular weight excluding hydrogens is 366 g/mol. The van der Waals surface area contributed by atoms with Gasteiger partial charge >= 0.3 is 0 Å². The Morgan fingerprint density at radius 1 is 1.03 bits per heavy atom. The summed E-state index contributed by atoms with van der Waals surface area (Å²) in [6.45, 7) is 4.61. The van der Waals surface area contributed by atoms with Crippen LogP contribution in [0.15, 0.2) is 48.0 Å². The minimum atomic E-state index is 0.221. The molecule has 2 aliphatic heterocycles. The molecule has 0 N–H and O–H groups in total. The van der Waals surface area contributed by atoms with Crippen LogP contribution in [0.3, 0.4) is 0 Å². The lowest BCUT2D eigenvalue weighted by Crippen LogP contribution is -2.08. The van der Waals surface area contributed by atoms with Crippen molar-refractivity contribution >= 4 is 11.3 Å². The fourth-order valence-electron chi connectivity index (χ4n) is 3.92. The monoisotopic (exact) mass is 393 g/mol. The van der Waals surface area contributed by atoms with Gasteiger partial charge in [0.1, 0.15) is 0 Å². The van der Waals surface area contributed by atoms with Crippen molar-refractivity contribution in [2.75, 3.05) is 21.0 Å². The maximum Gasteiger partial charge on any atom is 0.231 e. The molecule has 2 aliphatic rings. The van der Waals surface area contributed by atoms with Crippen LogP contribution in [0.4, 0.5) is 0 Å². The quantitative estimate of drug-likeness (QED) is 0.671. The molecule has 5 nitrogen and oxygen atoms in total. The molecule has 152 valence electrons. The number of nitrogens with zero attached hydrogens (tertiary/aromatic N) is 1. The molecule has 1 unspecified atom stereocenters. The van der Waals surface area contributed by atoms with Crippen LogP contribution in [0.25, 0.3) is 5.57 Å². The summed E-state index contributed by atoms with van der Waals surface area (Å²) in [6, 6.07) is 12.3. The molecule has 0 saturated carbocycles. The first-order valence-corrected chi connectivity index (χ1v) is 10.0. The molecule has 29 heavy (non-hydrogen) atoms. The summed E-state index contributed by atoms with van der Waals surface area (Å²) < 4.78 is 21.7. The SMILES string of the molecule is C=C(CC1CCCCC(c2ccc(OC)c(OC)c2)=N1)c1ccc2c(c1)OCO2. The molecule has 1 atom stereocenters. The Morgan fingerprint density at radius 2 is 1.86 bits per heavy atom. The van der Waals surface area contributed by atoms with Gasteiger partial charge in [-0.3, -0.25) is 4.99 Å². The third-order valence-corrected chi connectivity index (χ3v) is 5.52. The molecule has 0 spiro atoms. The summed E-state index contributed by atoms with van der Waals surface area (Å²) in [5.41, 5.74) is 4.39. The Morgan fingerprint density at radius 3 is 2.69 bits per heavy atom. The summed E-state index contributed by atoms with van der Waals surface area (Å²) in [6.07, 6.45) is 5.18. The Labute approximate surface area is 172 Å². The van der Waals surface area contributed by atoms with E-state index in [9.17, 15) is 0 Å². The van der Waals surface area contributed by atoms with E-state index in [1.807, 2.05) is 30.3 Å². The van der Waals surface area contributed by atoms with Gasteiger partial charge in [-0.05, 0) is 72.7 Å². The van der Waals surface area contributed by atoms with E-state index in [2.05, 4.69) is 12.6 Å². The lowest BCUT2D eigenvalue weighted by atomic mass is 9.97. The van der Waals surface area contributed by atoms with E-state index in [1.54, 1.807) is 14.2 Å². The van der Waals surface area contributed by atoms with Crippen LogP contribution >= 0.6 is 0 Å². The Hall–Kier alpha value is -2.95. The minimum absolute atomic E-state index is 0.221. The van der Waals surface area contributed by atoms with Gasteiger partial charge in [0.05, 0.1) is 20.3 Å². The number of hydrogen-bond acceptors (Lipinski definition) is 5. The lowest BCUT2D eigenvalue weighted by molar-refractivity contribution is 0.174. The number of benzene rings is 2. The molecule has 0 bridgehead atoms. The zero-order valence-corrected chi connectivity index (χ0v) is 17.1. The molecule has 4 rings (SSSR count). The van der Waals surface area contributed by atoms with Gasteiger partial charge in [-0.25, -0.2) is 0 Å². The van der Waals surface area contributed by atoms with Crippen molar-refractivity contribution in [1.29, 1.82) is 0 Å². The standard InChI is InChI=1S/C24H27NO4/c1-16(17-8-11-22-24(13-17)29-15-28-22)12-19-6-4-5-7-20(25-19)18-9-10-21(26-2)23(14-18)27-3/h8-11,13-14,19H,1,4-7,12,15H2,2-3H3. The van der Waals surface area contributed by atoms with Gasteiger partial charge in [0.2, 0.25) is 6.79 Å². The Balaban J connectivity index is 1.53. The summed E-state index contributed by atoms with van der Waals surface area (Å²) in [5.74, 6) is 3.06. The molecule has 0 aliphatic carbocycles. The lowest BCUT2D eigenvalue weighted by Gasteiger charge is -2.15. The smallest absolute Gasteiger partial charge is 0.231 e. The molecule has 0 saturated heterocycles. The summed E-state index contributed by atoms with van der Waals surface area (Å²) in [5, 5.41) is 0. The van der Waals surface area contributed by atoms with Crippen LogP contribution in [0.5, 0.6) is 23.0 Å². The largest absolute Gasteiger partial charge is 0.493 e. The van der Waals surface area contributed by atoms with Crippen molar-refractivity contribution in [3.05, 3.63) is 54.1 Å². The zero-order chi connectivity index (χ0) is 20.2. The predicted octanol–water partition coefficient (Wildman–Crippen LogP) is 5.27. The zero-order valence-electron chi connectivity index (χ0n) is 17.1. The fourth-order valence-corrected chi connectivity index (χ4v) is 3.92. The van der Waals surface area contributed by atoms with Crippen molar-refractivity contribution in [2.24, 2.45) is 4.99 Å². The van der Waals surface area contributed by atoms with E-state index in [4.69, 9.17) is 23.9 Å². The van der Waals surface area contributed by atoms with Crippen LogP contribution in [0.1, 0.15) is 43.2 Å². The molecular formula is C24H27NO4. The van der Waals surface area contributed by atoms with Gasteiger partial charge < -0.3 is 18.9 Å². The number of aliphatic imine (C=N–C) groups is 1. The normalized spacial score (nSPS) is 18.0. The highest BCUT2D eigenvalue weighted by Gasteiger charge is 2.19. The summed E-state index contributed by atoms with van der Waals surface area (Å²) in [4.78, 5) is 5.12. The van der Waals surface area contributed by atoms with Crippen molar-refractivity contribution in [3.63, 3.8) is 0 Å². The molecule has 5 heteroatoms. The van der Waals surface area contributed by atoms with Gasteiger partial charge in [0, 0.05) is 5.71 Å². The van der Waals surface area contributed by atoms with Gasteiger partial charge in [0.25, 0.3) is 0 Å². The maximum atomic E-state index is 5.50. The van der Waals surface area contributed by atoms with Crippen LogP contribution in [0.2, 0.25) is 0 Å². The number of ether oxygens (including phenoxy) is 4. The van der Waals surface area contributed by atoms with Gasteiger partial charge in [-0.2, -0.15) is 0 Å². The number of rotatable bonds is 6. The van der Waals surface area contributed by atoms with E-state index >= 15 is 0 Å². The molecule has 0 radical (unpaired) electrons. The number of fused-ring (bicyclic) bond motifs is 1. The van der Waals surface area contributed by atoms with Gasteiger partial charge in [-0.15, -0.1) is 0 Å². The Bertz CT molecular complexity index is 934. The van der Waals surface area contributed by atoms with Crippen LogP contribution in [0, 0.1) is 0 Å². The minimum Gasteiger partial charge on any atom is -0.493 e. The van der Waals surface area contributed by atoms with E-state index in [0.29, 0.717) is 0 Å². The third kappa shape index (κ3) is 4.24. The van der Waals surface area contributed by atoms with Crippen molar-refractivity contribution in [2.45, 2.75) is 38.1 Å². The van der Waals surface area contributed by atoms with Crippen molar-refractivity contribution in [1.82, 2.24) is 0 Å². The van der Waals surface area contributed by atoms with Crippen LogP contribution < -0.4 is 18.9 Å². The second kappa shape index (κ2) is 8.60. The first-order chi connectivity index (χ1) is 14.2. The van der Waals surface area contributed by atoms with Crippen molar-refractivity contribution in [3.8, 4) is 23.0 Å². The molecule has 2 heterocycles. The van der Waals surface area contributed by atoms with E-state index < -0.39 is 0 Å². The number of methoxy groups -OCH3 is 2. The van der Waals surface area contributed by atoms with Gasteiger partial charge in [0.15, 0.2) is 23.0 Å². The molecule has 0 fully saturated rings. The van der Waals surface area contributed by atoms with E-state index in [0.717, 1.165) is 71.1 Å². The average Bonchev–Trinajstić information content (AvgIpc) is 3.10. The topological polar surface area (TPSA) is 49.3 Å². The maximum absolute atomic E-state index is 5.50. The second-order valence-corrected chi connectivity index (χ2v) is 7.42. The van der Waals surface area contributed by atoms with Crippen LogP contribution in [-0.2, 0) is 0 Å². The summed E-state index contributed by atoms with van der Waals surface area (Å²) in [7, 11) is 3.31. The van der Waals surface area contributed by atoms with Gasteiger partial charge in [-0.1, -0.05) is 19.1 Å². The highest BCUT2D eigenvalue weighted by Crippen LogP contribution is 2.36. The molecule has 0 aromatic heterocycles. The first-order valence-electron chi connectivity index (χ1n) is 10.0. The average molecular weight is 393 g/mol.